The summed E-state index contributed by atoms with van der Waals surface area (Å²) in [5, 5.41) is 8.09. The number of nitrogens with one attached hydrogen (secondary N) is 2. The van der Waals surface area contributed by atoms with E-state index in [-0.39, 0.29) is 0 Å². The summed E-state index contributed by atoms with van der Waals surface area (Å²) in [6.45, 7) is 3.03. The second kappa shape index (κ2) is 7.75. The molecule has 0 amide bonds. The Labute approximate surface area is 125 Å². The van der Waals surface area contributed by atoms with Crippen molar-refractivity contribution in [1.29, 1.82) is 0 Å². The van der Waals surface area contributed by atoms with Gasteiger partial charge in [0, 0.05) is 23.2 Å². The normalized spacial score (nSPS) is 15.4. The Hall–Kier alpha value is -0.740. The fourth-order valence-electron chi connectivity index (χ4n) is 2.26. The highest BCUT2D eigenvalue weighted by Crippen LogP contribution is 2.28. The van der Waals surface area contributed by atoms with Crippen LogP contribution in [0.25, 0.3) is 0 Å². The van der Waals surface area contributed by atoms with Crippen LogP contribution < -0.4 is 10.6 Å². The summed E-state index contributed by atoms with van der Waals surface area (Å²) < 4.78 is 0. The maximum atomic E-state index is 5.29. The molecule has 104 valence electrons. The zero-order valence-corrected chi connectivity index (χ0v) is 13.1. The predicted octanol–water partition coefficient (Wildman–Crippen LogP) is 3.96. The lowest BCUT2D eigenvalue weighted by molar-refractivity contribution is 0.886. The molecule has 0 aliphatic heterocycles. The van der Waals surface area contributed by atoms with Crippen LogP contribution in [0.4, 0.5) is 5.69 Å². The number of thioether (sulfide) groups is 1. The molecule has 0 spiro atoms. The minimum absolute atomic E-state index is 0.718. The summed E-state index contributed by atoms with van der Waals surface area (Å²) in [4.78, 5) is 0. The van der Waals surface area contributed by atoms with E-state index in [9.17, 15) is 0 Å². The van der Waals surface area contributed by atoms with Gasteiger partial charge in [-0.1, -0.05) is 30.5 Å². The van der Waals surface area contributed by atoms with Gasteiger partial charge in [-0.2, -0.15) is 11.8 Å². The van der Waals surface area contributed by atoms with Gasteiger partial charge in [-0.15, -0.1) is 0 Å². The van der Waals surface area contributed by atoms with Gasteiger partial charge < -0.3 is 10.6 Å². The van der Waals surface area contributed by atoms with E-state index in [0.29, 0.717) is 0 Å². The fraction of sp³-hybridized carbons (Fsp3) is 0.533. The van der Waals surface area contributed by atoms with E-state index in [0.717, 1.165) is 28.3 Å². The van der Waals surface area contributed by atoms with Gasteiger partial charge in [-0.25, -0.2) is 0 Å². The van der Waals surface area contributed by atoms with Gasteiger partial charge in [0.1, 0.15) is 0 Å². The lowest BCUT2D eigenvalue weighted by atomic mass is 10.2. The molecule has 1 aromatic rings. The molecular formula is C15H22N2S2. The highest BCUT2D eigenvalue weighted by molar-refractivity contribution is 7.99. The van der Waals surface area contributed by atoms with Crippen molar-refractivity contribution >= 4 is 34.8 Å². The average Bonchev–Trinajstić information content (AvgIpc) is 2.91. The van der Waals surface area contributed by atoms with E-state index >= 15 is 0 Å². The van der Waals surface area contributed by atoms with Crippen LogP contribution in [0.3, 0.4) is 0 Å². The SMILES string of the molecule is Cc1ccc(NC(=S)NCCSC2CCCC2)cc1. The van der Waals surface area contributed by atoms with Crippen molar-refractivity contribution in [1.82, 2.24) is 5.32 Å². The molecule has 0 unspecified atom stereocenters. The fourth-order valence-corrected chi connectivity index (χ4v) is 3.70. The average molecular weight is 294 g/mol. The van der Waals surface area contributed by atoms with Crippen LogP contribution in [0.5, 0.6) is 0 Å². The molecule has 0 atom stereocenters. The zero-order chi connectivity index (χ0) is 13.5. The van der Waals surface area contributed by atoms with E-state index in [4.69, 9.17) is 12.2 Å². The van der Waals surface area contributed by atoms with Crippen molar-refractivity contribution in [2.75, 3.05) is 17.6 Å². The van der Waals surface area contributed by atoms with E-state index in [1.807, 2.05) is 0 Å². The van der Waals surface area contributed by atoms with Crippen molar-refractivity contribution in [3.05, 3.63) is 29.8 Å². The van der Waals surface area contributed by atoms with E-state index in [1.165, 1.54) is 31.2 Å². The highest BCUT2D eigenvalue weighted by atomic mass is 32.2. The van der Waals surface area contributed by atoms with Crippen molar-refractivity contribution < 1.29 is 0 Å². The second-order valence-electron chi connectivity index (χ2n) is 5.02. The van der Waals surface area contributed by atoms with Gasteiger partial charge in [0.15, 0.2) is 5.11 Å². The molecule has 2 N–H and O–H groups in total. The zero-order valence-electron chi connectivity index (χ0n) is 11.4. The van der Waals surface area contributed by atoms with Gasteiger partial charge in [0.2, 0.25) is 0 Å². The van der Waals surface area contributed by atoms with Gasteiger partial charge in [-0.3, -0.25) is 0 Å². The predicted molar refractivity (Wildman–Crippen MR) is 90.1 cm³/mol. The van der Waals surface area contributed by atoms with Gasteiger partial charge in [0.25, 0.3) is 0 Å². The summed E-state index contributed by atoms with van der Waals surface area (Å²) in [6.07, 6.45) is 5.63. The summed E-state index contributed by atoms with van der Waals surface area (Å²) in [5.74, 6) is 1.14. The Bertz CT molecular complexity index is 397. The van der Waals surface area contributed by atoms with Crippen LogP contribution in [0, 0.1) is 6.92 Å². The monoisotopic (exact) mass is 294 g/mol. The largest absolute Gasteiger partial charge is 0.362 e. The second-order valence-corrected chi connectivity index (χ2v) is 6.84. The van der Waals surface area contributed by atoms with Crippen LogP contribution in [0.1, 0.15) is 31.2 Å². The number of hydrogen-bond donors (Lipinski definition) is 2. The number of thiocarbonyl (C=S) groups is 1. The summed E-state index contributed by atoms with van der Waals surface area (Å²) in [5.41, 5.74) is 2.31. The maximum absolute atomic E-state index is 5.29. The molecule has 1 aliphatic carbocycles. The molecule has 0 bridgehead atoms. The molecule has 0 radical (unpaired) electrons. The van der Waals surface area contributed by atoms with Crippen molar-refractivity contribution in [3.63, 3.8) is 0 Å². The lowest BCUT2D eigenvalue weighted by Gasteiger charge is -2.12. The number of aryl methyl sites for hydroxylation is 1. The minimum Gasteiger partial charge on any atom is -0.362 e. The Morgan fingerprint density at radius 3 is 2.63 bits per heavy atom. The third-order valence-electron chi connectivity index (χ3n) is 3.35. The Balaban J connectivity index is 1.60. The standard InChI is InChI=1S/C15H22N2S2/c1-12-6-8-13(9-7-12)17-15(18)16-10-11-19-14-4-2-3-5-14/h6-9,14H,2-5,10-11H2,1H3,(H2,16,17,18). The van der Waals surface area contributed by atoms with Crippen LogP contribution in [0.15, 0.2) is 24.3 Å². The molecule has 1 aliphatic rings. The van der Waals surface area contributed by atoms with Gasteiger partial charge in [0.05, 0.1) is 0 Å². The highest BCUT2D eigenvalue weighted by Gasteiger charge is 2.14. The molecule has 0 saturated heterocycles. The molecule has 2 nitrogen and oxygen atoms in total. The molecule has 2 rings (SSSR count). The first-order valence-electron chi connectivity index (χ1n) is 6.97. The quantitative estimate of drug-likeness (QED) is 0.634. The first-order chi connectivity index (χ1) is 9.24. The van der Waals surface area contributed by atoms with E-state index < -0.39 is 0 Å². The molecule has 4 heteroatoms. The van der Waals surface area contributed by atoms with Gasteiger partial charge >= 0.3 is 0 Å². The Morgan fingerprint density at radius 2 is 1.95 bits per heavy atom. The number of anilines is 1. The topological polar surface area (TPSA) is 24.1 Å². The first-order valence-corrected chi connectivity index (χ1v) is 8.43. The van der Waals surface area contributed by atoms with Crippen molar-refractivity contribution in [3.8, 4) is 0 Å². The summed E-state index contributed by atoms with van der Waals surface area (Å²) in [7, 11) is 0. The van der Waals surface area contributed by atoms with E-state index in [1.54, 1.807) is 0 Å². The molecule has 0 aromatic heterocycles. The molecule has 1 saturated carbocycles. The van der Waals surface area contributed by atoms with Gasteiger partial charge in [-0.05, 0) is 44.1 Å². The smallest absolute Gasteiger partial charge is 0.170 e. The van der Waals surface area contributed by atoms with Crippen LogP contribution >= 0.6 is 24.0 Å². The molecule has 1 fully saturated rings. The van der Waals surface area contributed by atoms with Crippen LogP contribution in [0.2, 0.25) is 0 Å². The maximum Gasteiger partial charge on any atom is 0.170 e. The van der Waals surface area contributed by atoms with Crippen molar-refractivity contribution in [2.24, 2.45) is 0 Å². The van der Waals surface area contributed by atoms with Crippen LogP contribution in [-0.2, 0) is 0 Å². The lowest BCUT2D eigenvalue weighted by Crippen LogP contribution is -2.30. The summed E-state index contributed by atoms with van der Waals surface area (Å²) >= 11 is 7.37. The third kappa shape index (κ3) is 5.41. The Morgan fingerprint density at radius 1 is 1.26 bits per heavy atom. The molecule has 0 heterocycles. The number of hydrogen-bond acceptors (Lipinski definition) is 2. The third-order valence-corrected chi connectivity index (χ3v) is 4.98. The minimum atomic E-state index is 0.718. The molecule has 19 heavy (non-hydrogen) atoms. The summed E-state index contributed by atoms with van der Waals surface area (Å²) in [6, 6.07) is 8.27. The van der Waals surface area contributed by atoms with E-state index in [2.05, 4.69) is 53.6 Å². The number of rotatable bonds is 5. The first kappa shape index (κ1) is 14.7. The number of benzene rings is 1. The van der Waals surface area contributed by atoms with Crippen molar-refractivity contribution in [2.45, 2.75) is 37.9 Å². The molecular weight excluding hydrogens is 272 g/mol. The Kier molecular flexibility index (Phi) is 5.98. The van der Waals surface area contributed by atoms with Crippen LogP contribution in [-0.4, -0.2) is 22.7 Å². The molecule has 1 aromatic carbocycles.